The summed E-state index contributed by atoms with van der Waals surface area (Å²) in [5.41, 5.74) is 0.846. The standard InChI is InChI=1S/C16H30/c1-4-6-8-16(10-11-16)9-7-14-12-15(14)13(3)5-2/h13-15H,4-12H2,1-3H3. The lowest BCUT2D eigenvalue weighted by Gasteiger charge is -2.14. The molecule has 0 heterocycles. The molecule has 0 radical (unpaired) electrons. The molecule has 3 atom stereocenters. The van der Waals surface area contributed by atoms with Crippen molar-refractivity contribution in [2.45, 2.75) is 78.6 Å². The lowest BCUT2D eigenvalue weighted by Crippen LogP contribution is -2.03. The summed E-state index contributed by atoms with van der Waals surface area (Å²) in [4.78, 5) is 0. The average molecular weight is 222 g/mol. The van der Waals surface area contributed by atoms with Gasteiger partial charge in [-0.1, -0.05) is 40.0 Å². The summed E-state index contributed by atoms with van der Waals surface area (Å²) >= 11 is 0. The van der Waals surface area contributed by atoms with Crippen LogP contribution in [0.3, 0.4) is 0 Å². The van der Waals surface area contributed by atoms with Crippen LogP contribution in [-0.2, 0) is 0 Å². The monoisotopic (exact) mass is 222 g/mol. The van der Waals surface area contributed by atoms with Gasteiger partial charge in [-0.15, -0.1) is 0 Å². The van der Waals surface area contributed by atoms with Gasteiger partial charge in [-0.2, -0.15) is 0 Å². The van der Waals surface area contributed by atoms with Crippen LogP contribution in [0.25, 0.3) is 0 Å². The van der Waals surface area contributed by atoms with E-state index in [-0.39, 0.29) is 0 Å². The molecule has 2 aliphatic carbocycles. The summed E-state index contributed by atoms with van der Waals surface area (Å²) in [6.07, 6.45) is 13.6. The van der Waals surface area contributed by atoms with Gasteiger partial charge in [0, 0.05) is 0 Å². The fourth-order valence-electron chi connectivity index (χ4n) is 3.45. The second-order valence-corrected chi connectivity index (χ2v) is 6.69. The van der Waals surface area contributed by atoms with E-state index in [9.17, 15) is 0 Å². The summed E-state index contributed by atoms with van der Waals surface area (Å²) in [7, 11) is 0. The van der Waals surface area contributed by atoms with E-state index in [1.54, 1.807) is 32.1 Å². The maximum atomic E-state index is 2.45. The van der Waals surface area contributed by atoms with Crippen molar-refractivity contribution < 1.29 is 0 Å². The number of rotatable bonds is 8. The van der Waals surface area contributed by atoms with E-state index in [4.69, 9.17) is 0 Å². The van der Waals surface area contributed by atoms with Crippen LogP contribution in [0.15, 0.2) is 0 Å². The lowest BCUT2D eigenvalue weighted by atomic mass is 9.91. The van der Waals surface area contributed by atoms with Crippen molar-refractivity contribution in [3.8, 4) is 0 Å². The summed E-state index contributed by atoms with van der Waals surface area (Å²) in [6.45, 7) is 7.13. The first kappa shape index (κ1) is 12.5. The SMILES string of the molecule is CCCCC1(CCC2CC2C(C)CC)CC1. The van der Waals surface area contributed by atoms with Crippen LogP contribution < -0.4 is 0 Å². The largest absolute Gasteiger partial charge is 0.0654 e. The van der Waals surface area contributed by atoms with E-state index < -0.39 is 0 Å². The molecule has 0 saturated heterocycles. The normalized spacial score (nSPS) is 32.4. The molecular weight excluding hydrogens is 192 g/mol. The molecule has 0 bridgehead atoms. The van der Waals surface area contributed by atoms with Gasteiger partial charge in [0.15, 0.2) is 0 Å². The van der Waals surface area contributed by atoms with E-state index in [0.29, 0.717) is 0 Å². The number of hydrogen-bond donors (Lipinski definition) is 0. The van der Waals surface area contributed by atoms with Crippen molar-refractivity contribution >= 4 is 0 Å². The van der Waals surface area contributed by atoms with Crippen molar-refractivity contribution in [1.82, 2.24) is 0 Å². The quantitative estimate of drug-likeness (QED) is 0.514. The topological polar surface area (TPSA) is 0 Å². The summed E-state index contributed by atoms with van der Waals surface area (Å²) in [5, 5.41) is 0. The van der Waals surface area contributed by atoms with Crippen LogP contribution >= 0.6 is 0 Å². The average Bonchev–Trinajstić information content (AvgIpc) is 3.18. The molecule has 0 heteroatoms. The molecule has 0 nitrogen and oxygen atoms in total. The summed E-state index contributed by atoms with van der Waals surface area (Å²) in [5.74, 6) is 3.22. The molecule has 3 unspecified atom stereocenters. The molecule has 0 aliphatic heterocycles. The van der Waals surface area contributed by atoms with Crippen LogP contribution in [-0.4, -0.2) is 0 Å². The maximum Gasteiger partial charge on any atom is -0.0297 e. The van der Waals surface area contributed by atoms with Crippen LogP contribution in [0.2, 0.25) is 0 Å². The van der Waals surface area contributed by atoms with Gasteiger partial charge >= 0.3 is 0 Å². The van der Waals surface area contributed by atoms with Crippen molar-refractivity contribution in [1.29, 1.82) is 0 Å². The smallest absolute Gasteiger partial charge is 0.0297 e. The highest BCUT2D eigenvalue weighted by molar-refractivity contribution is 4.96. The second kappa shape index (κ2) is 5.10. The van der Waals surface area contributed by atoms with E-state index in [2.05, 4.69) is 20.8 Å². The van der Waals surface area contributed by atoms with Crippen molar-refractivity contribution in [2.75, 3.05) is 0 Å². The van der Waals surface area contributed by atoms with Gasteiger partial charge in [-0.25, -0.2) is 0 Å². The Balaban J connectivity index is 1.62. The Morgan fingerprint density at radius 3 is 2.50 bits per heavy atom. The predicted molar refractivity (Wildman–Crippen MR) is 71.5 cm³/mol. The third-order valence-electron chi connectivity index (χ3n) is 5.42. The highest BCUT2D eigenvalue weighted by atomic mass is 14.5. The molecule has 0 N–H and O–H groups in total. The molecule has 2 rings (SSSR count). The molecule has 0 aromatic rings. The van der Waals surface area contributed by atoms with Gasteiger partial charge in [0.25, 0.3) is 0 Å². The third kappa shape index (κ3) is 3.02. The molecule has 0 amide bonds. The zero-order valence-electron chi connectivity index (χ0n) is 11.6. The lowest BCUT2D eigenvalue weighted by molar-refractivity contribution is 0.369. The van der Waals surface area contributed by atoms with Gasteiger partial charge in [-0.3, -0.25) is 0 Å². The molecular formula is C16H30. The van der Waals surface area contributed by atoms with Crippen LogP contribution in [0.4, 0.5) is 0 Å². The molecule has 16 heavy (non-hydrogen) atoms. The highest BCUT2D eigenvalue weighted by Crippen LogP contribution is 2.57. The van der Waals surface area contributed by atoms with E-state index in [0.717, 1.165) is 23.2 Å². The Bertz CT molecular complexity index is 214. The minimum absolute atomic E-state index is 0.846. The molecule has 2 fully saturated rings. The van der Waals surface area contributed by atoms with Crippen LogP contribution in [0.5, 0.6) is 0 Å². The van der Waals surface area contributed by atoms with Crippen LogP contribution in [0, 0.1) is 23.2 Å². The van der Waals surface area contributed by atoms with Crippen molar-refractivity contribution in [2.24, 2.45) is 23.2 Å². The van der Waals surface area contributed by atoms with E-state index >= 15 is 0 Å². The Kier molecular flexibility index (Phi) is 3.97. The van der Waals surface area contributed by atoms with Gasteiger partial charge in [-0.05, 0) is 61.7 Å². The van der Waals surface area contributed by atoms with Crippen molar-refractivity contribution in [3.63, 3.8) is 0 Å². The summed E-state index contributed by atoms with van der Waals surface area (Å²) in [6, 6.07) is 0. The third-order valence-corrected chi connectivity index (χ3v) is 5.42. The molecule has 2 saturated carbocycles. The molecule has 2 aliphatic rings. The molecule has 94 valence electrons. The zero-order valence-corrected chi connectivity index (χ0v) is 11.6. The fraction of sp³-hybridized carbons (Fsp3) is 1.00. The van der Waals surface area contributed by atoms with E-state index in [1.165, 1.54) is 25.7 Å². The minimum atomic E-state index is 0.846. The fourth-order valence-corrected chi connectivity index (χ4v) is 3.45. The van der Waals surface area contributed by atoms with Gasteiger partial charge < -0.3 is 0 Å². The summed E-state index contributed by atoms with van der Waals surface area (Å²) < 4.78 is 0. The van der Waals surface area contributed by atoms with Gasteiger partial charge in [0.1, 0.15) is 0 Å². The Hall–Kier alpha value is 0. The minimum Gasteiger partial charge on any atom is -0.0654 e. The Morgan fingerprint density at radius 1 is 1.19 bits per heavy atom. The zero-order chi connectivity index (χ0) is 11.6. The Labute approximate surface area is 102 Å². The maximum absolute atomic E-state index is 2.45. The van der Waals surface area contributed by atoms with Gasteiger partial charge in [0.05, 0.1) is 0 Å². The first-order valence-corrected chi connectivity index (χ1v) is 7.71. The van der Waals surface area contributed by atoms with Gasteiger partial charge in [0.2, 0.25) is 0 Å². The number of unbranched alkanes of at least 4 members (excludes halogenated alkanes) is 1. The molecule has 0 aromatic heterocycles. The van der Waals surface area contributed by atoms with Crippen molar-refractivity contribution in [3.05, 3.63) is 0 Å². The molecule has 0 spiro atoms. The predicted octanol–water partition coefficient (Wildman–Crippen LogP) is 5.42. The molecule has 0 aromatic carbocycles. The first-order valence-electron chi connectivity index (χ1n) is 7.71. The highest BCUT2D eigenvalue weighted by Gasteiger charge is 2.45. The number of hydrogen-bond acceptors (Lipinski definition) is 0. The van der Waals surface area contributed by atoms with E-state index in [1.807, 2.05) is 0 Å². The Morgan fingerprint density at radius 2 is 1.94 bits per heavy atom. The second-order valence-electron chi connectivity index (χ2n) is 6.69. The first-order chi connectivity index (χ1) is 7.71. The van der Waals surface area contributed by atoms with Crippen LogP contribution in [0.1, 0.15) is 78.6 Å².